The Balaban J connectivity index is 2.17. The van der Waals surface area contributed by atoms with Crippen LogP contribution in [0.15, 0.2) is 16.0 Å². The van der Waals surface area contributed by atoms with Crippen LogP contribution in [-0.4, -0.2) is 31.4 Å². The van der Waals surface area contributed by atoms with E-state index in [0.29, 0.717) is 23.4 Å². The fourth-order valence-electron chi connectivity index (χ4n) is 1.42. The maximum absolute atomic E-state index is 5.79. The van der Waals surface area contributed by atoms with E-state index in [1.807, 2.05) is 18.5 Å². The van der Waals surface area contributed by atoms with Crippen LogP contribution < -0.4 is 0 Å². The topological polar surface area (TPSA) is 56.7 Å². The van der Waals surface area contributed by atoms with Gasteiger partial charge in [-0.2, -0.15) is 0 Å². The zero-order valence-electron chi connectivity index (χ0n) is 10.6. The number of hydrogen-bond donors (Lipinski definition) is 0. The van der Waals surface area contributed by atoms with E-state index in [9.17, 15) is 0 Å². The van der Waals surface area contributed by atoms with Gasteiger partial charge in [-0.1, -0.05) is 18.7 Å². The van der Waals surface area contributed by atoms with E-state index in [2.05, 4.69) is 22.1 Å². The largest absolute Gasteiger partial charge is 0.440 e. The quantitative estimate of drug-likeness (QED) is 0.625. The van der Waals surface area contributed by atoms with Gasteiger partial charge in [0.05, 0.1) is 5.69 Å². The van der Waals surface area contributed by atoms with Crippen molar-refractivity contribution in [3.05, 3.63) is 12.1 Å². The molecule has 0 N–H and O–H groups in total. The number of aromatic nitrogens is 4. The third-order valence-corrected chi connectivity index (χ3v) is 4.42. The molecule has 98 valence electrons. The summed E-state index contributed by atoms with van der Waals surface area (Å²) in [6.45, 7) is 3.99. The summed E-state index contributed by atoms with van der Waals surface area (Å²) in [4.78, 5) is 4.06. The predicted octanol–water partition coefficient (Wildman–Crippen LogP) is 2.75. The lowest BCUT2D eigenvalue weighted by Crippen LogP contribution is -2.01. The summed E-state index contributed by atoms with van der Waals surface area (Å²) in [5.74, 6) is 3.39. The zero-order valence-corrected chi connectivity index (χ0v) is 12.1. The van der Waals surface area contributed by atoms with Crippen molar-refractivity contribution < 1.29 is 4.42 Å². The lowest BCUT2D eigenvalue weighted by molar-refractivity contribution is 0.562. The molecule has 1 atom stereocenters. The molecule has 0 aliphatic carbocycles. The van der Waals surface area contributed by atoms with Crippen molar-refractivity contribution in [1.82, 2.24) is 19.7 Å². The molecule has 0 aliphatic heterocycles. The van der Waals surface area contributed by atoms with Gasteiger partial charge in [-0.25, -0.2) is 4.98 Å². The summed E-state index contributed by atoms with van der Waals surface area (Å²) in [5.41, 5.74) is 0.816. The van der Waals surface area contributed by atoms with Gasteiger partial charge in [0.2, 0.25) is 5.82 Å². The average molecular weight is 287 g/mol. The Labute approximate surface area is 115 Å². The lowest BCUT2D eigenvalue weighted by atomic mass is 10.3. The normalized spacial score (nSPS) is 12.9. The molecule has 0 aliphatic rings. The van der Waals surface area contributed by atoms with Gasteiger partial charge in [0.1, 0.15) is 0 Å². The summed E-state index contributed by atoms with van der Waals surface area (Å²) in [7, 11) is 1.92. The summed E-state index contributed by atoms with van der Waals surface area (Å²) in [5, 5.41) is 9.17. The number of thioether (sulfide) groups is 1. The van der Waals surface area contributed by atoms with Crippen LogP contribution in [0, 0.1) is 12.8 Å². The molecular weight excluding hydrogens is 272 g/mol. The van der Waals surface area contributed by atoms with Gasteiger partial charge in [0.15, 0.2) is 17.3 Å². The number of halogens is 1. The van der Waals surface area contributed by atoms with Crippen LogP contribution in [0.3, 0.4) is 0 Å². The first-order valence-electron chi connectivity index (χ1n) is 5.62. The fourth-order valence-corrected chi connectivity index (χ4v) is 2.58. The Morgan fingerprint density at radius 2 is 2.28 bits per heavy atom. The number of rotatable bonds is 5. The highest BCUT2D eigenvalue weighted by molar-refractivity contribution is 7.99. The Bertz CT molecular complexity index is 525. The standard InChI is InChI=1S/C11H15ClN4OS/c1-7(4-12)5-18-11-15-14-10(16(11)3)9-8(2)13-6-17-9/h6-7H,4-5H2,1-3H3. The minimum atomic E-state index is 0.448. The van der Waals surface area contributed by atoms with Crippen molar-refractivity contribution in [2.45, 2.75) is 19.0 Å². The monoisotopic (exact) mass is 286 g/mol. The number of alkyl halides is 1. The second-order valence-corrected chi connectivity index (χ2v) is 5.50. The number of aryl methyl sites for hydroxylation is 1. The Morgan fingerprint density at radius 1 is 1.50 bits per heavy atom. The number of oxazole rings is 1. The molecule has 0 saturated carbocycles. The summed E-state index contributed by atoms with van der Waals surface area (Å²) in [6.07, 6.45) is 1.42. The van der Waals surface area contributed by atoms with Crippen molar-refractivity contribution in [2.75, 3.05) is 11.6 Å². The molecule has 0 amide bonds. The SMILES string of the molecule is Cc1ncoc1-c1nnc(SCC(C)CCl)n1C. The third-order valence-electron chi connectivity index (χ3n) is 2.54. The molecule has 5 nitrogen and oxygen atoms in total. The highest BCUT2D eigenvalue weighted by atomic mass is 35.5. The number of nitrogens with zero attached hydrogens (tertiary/aromatic N) is 4. The molecule has 1 unspecified atom stereocenters. The minimum absolute atomic E-state index is 0.448. The molecule has 0 bridgehead atoms. The van der Waals surface area contributed by atoms with E-state index in [1.165, 1.54) is 6.39 Å². The summed E-state index contributed by atoms with van der Waals surface area (Å²) in [6, 6.07) is 0. The fraction of sp³-hybridized carbons (Fsp3) is 0.545. The van der Waals surface area contributed by atoms with Crippen molar-refractivity contribution in [2.24, 2.45) is 13.0 Å². The van der Waals surface area contributed by atoms with Gasteiger partial charge in [-0.3, -0.25) is 0 Å². The molecule has 18 heavy (non-hydrogen) atoms. The van der Waals surface area contributed by atoms with Gasteiger partial charge in [-0.15, -0.1) is 21.8 Å². The molecule has 7 heteroatoms. The first kappa shape index (κ1) is 13.4. The van der Waals surface area contributed by atoms with Gasteiger partial charge in [-0.05, 0) is 12.8 Å². The second-order valence-electron chi connectivity index (χ2n) is 4.20. The molecule has 0 spiro atoms. The maximum atomic E-state index is 5.79. The molecule has 0 saturated heterocycles. The molecule has 2 aromatic rings. The van der Waals surface area contributed by atoms with Crippen LogP contribution in [-0.2, 0) is 7.05 Å². The molecule has 2 heterocycles. The predicted molar refractivity (Wildman–Crippen MR) is 71.8 cm³/mol. The minimum Gasteiger partial charge on any atom is -0.440 e. The zero-order chi connectivity index (χ0) is 13.1. The molecule has 0 aromatic carbocycles. The van der Waals surface area contributed by atoms with E-state index >= 15 is 0 Å². The highest BCUT2D eigenvalue weighted by Gasteiger charge is 2.17. The van der Waals surface area contributed by atoms with Gasteiger partial charge in [0.25, 0.3) is 0 Å². The molecule has 2 aromatic heterocycles. The van der Waals surface area contributed by atoms with Crippen molar-refractivity contribution in [3.63, 3.8) is 0 Å². The van der Waals surface area contributed by atoms with E-state index in [0.717, 1.165) is 16.6 Å². The van der Waals surface area contributed by atoms with E-state index in [-0.39, 0.29) is 0 Å². The highest BCUT2D eigenvalue weighted by Crippen LogP contribution is 2.25. The third kappa shape index (κ3) is 2.70. The lowest BCUT2D eigenvalue weighted by Gasteiger charge is -2.06. The van der Waals surface area contributed by atoms with Crippen LogP contribution in [0.25, 0.3) is 11.6 Å². The Hall–Kier alpha value is -1.01. The van der Waals surface area contributed by atoms with Crippen LogP contribution in [0.2, 0.25) is 0 Å². The van der Waals surface area contributed by atoms with Crippen LogP contribution in [0.5, 0.6) is 0 Å². The smallest absolute Gasteiger partial charge is 0.202 e. The molecule has 2 rings (SSSR count). The van der Waals surface area contributed by atoms with Crippen LogP contribution in [0.4, 0.5) is 0 Å². The first-order valence-corrected chi connectivity index (χ1v) is 7.14. The Kier molecular flexibility index (Phi) is 4.29. The second kappa shape index (κ2) is 5.75. The summed E-state index contributed by atoms with van der Waals surface area (Å²) >= 11 is 7.43. The first-order chi connectivity index (χ1) is 8.63. The summed E-state index contributed by atoms with van der Waals surface area (Å²) < 4.78 is 7.24. The van der Waals surface area contributed by atoms with E-state index in [4.69, 9.17) is 16.0 Å². The van der Waals surface area contributed by atoms with Crippen LogP contribution in [0.1, 0.15) is 12.6 Å². The van der Waals surface area contributed by atoms with Crippen molar-refractivity contribution in [1.29, 1.82) is 0 Å². The average Bonchev–Trinajstić information content (AvgIpc) is 2.93. The van der Waals surface area contributed by atoms with Gasteiger partial charge < -0.3 is 8.98 Å². The molecular formula is C11H15ClN4OS. The Morgan fingerprint density at radius 3 is 2.89 bits per heavy atom. The molecule has 0 fully saturated rings. The maximum Gasteiger partial charge on any atom is 0.202 e. The van der Waals surface area contributed by atoms with E-state index < -0.39 is 0 Å². The van der Waals surface area contributed by atoms with Gasteiger partial charge >= 0.3 is 0 Å². The van der Waals surface area contributed by atoms with Crippen molar-refractivity contribution >= 4 is 23.4 Å². The number of hydrogen-bond acceptors (Lipinski definition) is 5. The van der Waals surface area contributed by atoms with Gasteiger partial charge in [0, 0.05) is 18.7 Å². The van der Waals surface area contributed by atoms with Crippen molar-refractivity contribution in [3.8, 4) is 11.6 Å². The van der Waals surface area contributed by atoms with Crippen LogP contribution >= 0.6 is 23.4 Å². The van der Waals surface area contributed by atoms with E-state index in [1.54, 1.807) is 11.8 Å². The molecule has 0 radical (unpaired) electrons.